The maximum Gasteiger partial charge on any atom is 0.339 e. The number of aromatic nitrogens is 4. The predicted octanol–water partition coefficient (Wildman–Crippen LogP) is 9.89. The number of nitrogen functional groups attached to an aromatic ring is 1. The highest BCUT2D eigenvalue weighted by atomic mass is 16.5. The van der Waals surface area contributed by atoms with Crippen molar-refractivity contribution < 1.29 is 39.5 Å². The number of rotatable bonds is 7. The van der Waals surface area contributed by atoms with Gasteiger partial charge in [0, 0.05) is 36.6 Å². The van der Waals surface area contributed by atoms with Crippen LogP contribution in [0.2, 0.25) is 0 Å². The normalized spacial score (nSPS) is 13.9. The Hall–Kier alpha value is -6.31. The lowest BCUT2D eigenvalue weighted by Crippen LogP contribution is -2.14. The smallest absolute Gasteiger partial charge is 0.339 e. The average molecular weight is 881 g/mol. The van der Waals surface area contributed by atoms with E-state index < -0.39 is 11.9 Å². The molecule has 0 unspecified atom stereocenters. The number of hydrogen-bond donors (Lipinski definition) is 6. The molecule has 0 spiro atoms. The first-order chi connectivity index (χ1) is 30.2. The molecule has 2 aromatic heterocycles. The number of ether oxygens (including phenoxy) is 1. The van der Waals surface area contributed by atoms with Crippen LogP contribution < -0.4 is 15.8 Å². The Bertz CT molecular complexity index is 2380. The number of aromatic hydroxyl groups is 2. The summed E-state index contributed by atoms with van der Waals surface area (Å²) in [7, 11) is 1.52. The zero-order valence-corrected chi connectivity index (χ0v) is 37.4. The molecule has 0 saturated heterocycles. The molecule has 1 amide bonds. The molecule has 3 aliphatic carbocycles. The van der Waals surface area contributed by atoms with Crippen molar-refractivity contribution in [2.45, 2.75) is 145 Å². The Kier molecular flexibility index (Phi) is 18.8. The summed E-state index contributed by atoms with van der Waals surface area (Å²) in [6.07, 6.45) is 16.3. The molecule has 346 valence electrons. The first-order valence-corrected chi connectivity index (χ1v) is 22.2. The highest BCUT2D eigenvalue weighted by molar-refractivity contribution is 6.06. The number of carbonyl (C=O) groups excluding carboxylic acids is 1. The number of nitrogens with zero attached hydrogens (tertiary/aromatic N) is 4. The Morgan fingerprint density at radius 3 is 1.38 bits per heavy atom. The Balaban J connectivity index is 0.000000195. The van der Waals surface area contributed by atoms with E-state index in [2.05, 4.69) is 15.5 Å². The van der Waals surface area contributed by atoms with Crippen LogP contribution in [0.15, 0.2) is 48.5 Å². The lowest BCUT2D eigenvalue weighted by molar-refractivity contribution is 0.0682. The quantitative estimate of drug-likeness (QED) is 0.0846. The highest BCUT2D eigenvalue weighted by Crippen LogP contribution is 2.31. The first kappa shape index (κ1) is 50.3. The van der Waals surface area contributed by atoms with Gasteiger partial charge >= 0.3 is 11.9 Å². The SMILES string of the molecule is C.CCn1nc(N)cc1C.CCn1nc(NC(=O)c2cc3c(cc2O)CCCCC3)cc1C.COc1cc2c(cc1C(=O)O)CCCCC2.O=C(O)c1cc2c(cc1O)CCCCC2. The van der Waals surface area contributed by atoms with E-state index in [1.54, 1.807) is 24.3 Å². The minimum Gasteiger partial charge on any atom is -0.507 e. The van der Waals surface area contributed by atoms with E-state index in [1.165, 1.54) is 55.0 Å². The summed E-state index contributed by atoms with van der Waals surface area (Å²) in [6.45, 7) is 9.64. The summed E-state index contributed by atoms with van der Waals surface area (Å²) in [4.78, 5) is 34.4. The third-order valence-electron chi connectivity index (χ3n) is 11.9. The van der Waals surface area contributed by atoms with Crippen LogP contribution in [0.3, 0.4) is 0 Å². The maximum atomic E-state index is 12.5. The van der Waals surface area contributed by atoms with Crippen molar-refractivity contribution in [1.29, 1.82) is 0 Å². The summed E-state index contributed by atoms with van der Waals surface area (Å²) < 4.78 is 8.83. The number of nitrogens with two attached hydrogens (primary N) is 1. The number of carboxylic acid groups (broad SMARTS) is 2. The molecule has 3 aromatic carbocycles. The monoisotopic (exact) mass is 881 g/mol. The van der Waals surface area contributed by atoms with Gasteiger partial charge in [0.05, 0.1) is 12.7 Å². The Morgan fingerprint density at radius 2 is 0.984 bits per heavy atom. The Morgan fingerprint density at radius 1 is 0.594 bits per heavy atom. The largest absolute Gasteiger partial charge is 0.507 e. The number of fused-ring (bicyclic) bond motifs is 3. The average Bonchev–Trinajstić information content (AvgIpc) is 3.46. The molecule has 14 nitrogen and oxygen atoms in total. The van der Waals surface area contributed by atoms with Crippen molar-refractivity contribution in [2.75, 3.05) is 18.2 Å². The van der Waals surface area contributed by atoms with Crippen LogP contribution in [0.1, 0.15) is 155 Å². The van der Waals surface area contributed by atoms with Crippen molar-refractivity contribution in [3.05, 3.63) is 110 Å². The van der Waals surface area contributed by atoms with Gasteiger partial charge < -0.3 is 36.2 Å². The first-order valence-electron chi connectivity index (χ1n) is 22.2. The third-order valence-corrected chi connectivity index (χ3v) is 11.9. The van der Waals surface area contributed by atoms with E-state index in [0.29, 0.717) is 22.9 Å². The molecule has 0 fully saturated rings. The molecule has 0 aliphatic heterocycles. The van der Waals surface area contributed by atoms with E-state index in [4.69, 9.17) is 20.7 Å². The number of benzene rings is 3. The minimum absolute atomic E-state index is 0. The van der Waals surface area contributed by atoms with E-state index in [9.17, 15) is 24.6 Å². The van der Waals surface area contributed by atoms with E-state index in [1.807, 2.05) is 61.3 Å². The van der Waals surface area contributed by atoms with Gasteiger partial charge in [0.25, 0.3) is 5.91 Å². The molecule has 0 radical (unpaired) electrons. The maximum absolute atomic E-state index is 12.5. The summed E-state index contributed by atoms with van der Waals surface area (Å²) in [5.74, 6) is -0.733. The van der Waals surface area contributed by atoms with Crippen molar-refractivity contribution in [3.63, 3.8) is 0 Å². The van der Waals surface area contributed by atoms with Crippen LogP contribution in [-0.4, -0.2) is 64.9 Å². The second-order valence-corrected chi connectivity index (χ2v) is 16.4. The van der Waals surface area contributed by atoms with E-state index >= 15 is 0 Å². The standard InChI is InChI=1S/C18H23N3O2.C13H16O3.C12H14O3.C6H11N3.CH4/c1-3-21-12(2)9-17(20-21)19-18(23)15-10-13-7-5-4-6-8-14(13)11-16(15)22;1-16-12-8-10-6-4-2-3-5-9(10)7-11(12)13(14)15;13-11-7-9-5-3-1-2-4-8(9)6-10(11)12(14)15;1-3-9-5(2)4-6(7)8-9;/h9-11,22H,3-8H2,1-2H3,(H,19,20,23);7-8H,2-6H2,1H3,(H,14,15);6-7,13H,1-5H2,(H,14,15);4H,3H2,1-2H3,(H2,7,8);1H4. The molecule has 14 heteroatoms. The number of anilines is 2. The minimum atomic E-state index is -1.06. The number of phenolic OH excluding ortho intramolecular Hbond substituents is 1. The second kappa shape index (κ2) is 23.9. The van der Waals surface area contributed by atoms with Gasteiger partial charge in [-0.1, -0.05) is 26.7 Å². The number of aryl methyl sites for hydroxylation is 10. The van der Waals surface area contributed by atoms with Gasteiger partial charge in [0.1, 0.15) is 34.2 Å². The summed E-state index contributed by atoms with van der Waals surface area (Å²) in [5, 5.41) is 48.9. The zero-order chi connectivity index (χ0) is 45.6. The van der Waals surface area contributed by atoms with E-state index in [0.717, 1.165) is 106 Å². The number of carbonyl (C=O) groups is 3. The van der Waals surface area contributed by atoms with Gasteiger partial charge in [0.15, 0.2) is 5.82 Å². The number of phenols is 2. The van der Waals surface area contributed by atoms with Gasteiger partial charge in [-0.25, -0.2) is 9.59 Å². The molecule has 8 rings (SSSR count). The van der Waals surface area contributed by atoms with Gasteiger partial charge in [-0.2, -0.15) is 10.2 Å². The van der Waals surface area contributed by atoms with Crippen molar-refractivity contribution in [1.82, 2.24) is 19.6 Å². The predicted molar refractivity (Wildman–Crippen MR) is 251 cm³/mol. The van der Waals surface area contributed by atoms with Crippen molar-refractivity contribution in [2.24, 2.45) is 0 Å². The van der Waals surface area contributed by atoms with Gasteiger partial charge in [-0.15, -0.1) is 0 Å². The lowest BCUT2D eigenvalue weighted by Gasteiger charge is -2.11. The van der Waals surface area contributed by atoms with Crippen LogP contribution in [0.5, 0.6) is 17.2 Å². The Labute approximate surface area is 377 Å². The van der Waals surface area contributed by atoms with Crippen LogP contribution in [-0.2, 0) is 51.6 Å². The molecule has 0 bridgehead atoms. The molecule has 5 aromatic rings. The van der Waals surface area contributed by atoms with Gasteiger partial charge in [0.2, 0.25) is 0 Å². The summed E-state index contributed by atoms with van der Waals surface area (Å²) in [5.41, 5.74) is 15.1. The van der Waals surface area contributed by atoms with Crippen LogP contribution >= 0.6 is 0 Å². The number of amides is 1. The molecular weight excluding hydrogens is 813 g/mol. The molecule has 0 saturated carbocycles. The molecule has 7 N–H and O–H groups in total. The fourth-order valence-electron chi connectivity index (χ4n) is 8.46. The number of aromatic carboxylic acids is 2. The highest BCUT2D eigenvalue weighted by Gasteiger charge is 2.20. The van der Waals surface area contributed by atoms with Crippen molar-refractivity contribution >= 4 is 29.5 Å². The number of hydrogen-bond acceptors (Lipinski definition) is 9. The lowest BCUT2D eigenvalue weighted by atomic mass is 9.99. The van der Waals surface area contributed by atoms with Gasteiger partial charge in [-0.3, -0.25) is 14.2 Å². The van der Waals surface area contributed by atoms with E-state index in [-0.39, 0.29) is 36.0 Å². The molecule has 0 atom stereocenters. The van der Waals surface area contributed by atoms with Crippen LogP contribution in [0.25, 0.3) is 0 Å². The molecule has 3 aliphatic rings. The molecular formula is C50H68N6O8. The van der Waals surface area contributed by atoms with Gasteiger partial charge in [-0.05, 0) is 175 Å². The summed E-state index contributed by atoms with van der Waals surface area (Å²) >= 11 is 0. The number of nitrogens with one attached hydrogen (secondary N) is 1. The zero-order valence-electron chi connectivity index (χ0n) is 37.4. The molecule has 64 heavy (non-hydrogen) atoms. The van der Waals surface area contributed by atoms with Crippen molar-refractivity contribution in [3.8, 4) is 17.2 Å². The summed E-state index contributed by atoms with van der Waals surface area (Å²) in [6, 6.07) is 14.2. The second-order valence-electron chi connectivity index (χ2n) is 16.4. The van der Waals surface area contributed by atoms with Crippen LogP contribution in [0.4, 0.5) is 11.6 Å². The topological polar surface area (TPSA) is 215 Å². The number of methoxy groups -OCH3 is 1. The molecule has 2 heterocycles. The third kappa shape index (κ3) is 13.4. The fraction of sp³-hybridized carbons (Fsp3) is 0.460. The van der Waals surface area contributed by atoms with Crippen LogP contribution in [0, 0.1) is 13.8 Å². The fourth-order valence-corrected chi connectivity index (χ4v) is 8.46. The number of carboxylic acids is 2.